The van der Waals surface area contributed by atoms with Crippen LogP contribution in [0.5, 0.6) is 5.75 Å². The monoisotopic (exact) mass is 469 g/mol. The number of rotatable bonds is 7. The van der Waals surface area contributed by atoms with Crippen molar-refractivity contribution in [2.24, 2.45) is 0 Å². The number of benzene rings is 3. The zero-order valence-corrected chi connectivity index (χ0v) is 18.3. The van der Waals surface area contributed by atoms with E-state index < -0.39 is 5.82 Å². The first-order chi connectivity index (χ1) is 15.5. The Bertz CT molecular complexity index is 1220. The Balaban J connectivity index is 1.33. The lowest BCUT2D eigenvalue weighted by Crippen LogP contribution is -2.11. The Hall–Kier alpha value is -3.35. The van der Waals surface area contributed by atoms with Crippen LogP contribution in [0.1, 0.15) is 21.5 Å². The summed E-state index contributed by atoms with van der Waals surface area (Å²) in [5, 5.41) is 8.01. The molecule has 1 amide bonds. The van der Waals surface area contributed by atoms with Crippen LogP contribution in [-0.4, -0.2) is 15.7 Å². The highest BCUT2D eigenvalue weighted by Gasteiger charge is 2.09. The molecule has 0 aliphatic rings. The number of hydrogen-bond acceptors (Lipinski definition) is 3. The second-order valence-corrected chi connectivity index (χ2v) is 7.90. The Kier molecular flexibility index (Phi) is 6.73. The van der Waals surface area contributed by atoms with E-state index in [9.17, 15) is 9.18 Å². The molecule has 32 heavy (non-hydrogen) atoms. The summed E-state index contributed by atoms with van der Waals surface area (Å²) in [6.07, 6.45) is 3.23. The fourth-order valence-electron chi connectivity index (χ4n) is 2.99. The van der Waals surface area contributed by atoms with E-state index in [0.29, 0.717) is 34.4 Å². The molecule has 0 fully saturated rings. The van der Waals surface area contributed by atoms with Gasteiger partial charge >= 0.3 is 0 Å². The molecule has 0 spiro atoms. The van der Waals surface area contributed by atoms with Crippen molar-refractivity contribution in [2.75, 3.05) is 5.32 Å². The maximum atomic E-state index is 13.2. The molecule has 3 aromatic carbocycles. The van der Waals surface area contributed by atoms with Crippen molar-refractivity contribution in [3.63, 3.8) is 0 Å². The molecule has 0 bridgehead atoms. The van der Waals surface area contributed by atoms with Crippen molar-refractivity contribution in [1.82, 2.24) is 9.78 Å². The molecule has 0 atom stereocenters. The van der Waals surface area contributed by atoms with Crippen LogP contribution in [0.15, 0.2) is 79.1 Å². The Morgan fingerprint density at radius 2 is 1.78 bits per heavy atom. The maximum Gasteiger partial charge on any atom is 0.255 e. The molecule has 0 saturated carbocycles. The highest BCUT2D eigenvalue weighted by Crippen LogP contribution is 2.20. The molecule has 0 unspecified atom stereocenters. The minimum Gasteiger partial charge on any atom is -0.489 e. The van der Waals surface area contributed by atoms with Gasteiger partial charge in [0.15, 0.2) is 0 Å². The van der Waals surface area contributed by atoms with Gasteiger partial charge in [0.05, 0.1) is 18.4 Å². The number of halogens is 3. The zero-order chi connectivity index (χ0) is 22.5. The highest BCUT2D eigenvalue weighted by molar-refractivity contribution is 6.31. The van der Waals surface area contributed by atoms with Crippen molar-refractivity contribution in [1.29, 1.82) is 0 Å². The standard InChI is InChI=1S/C24H18Cl2FN3O2/c25-19-6-9-22(10-7-19)32-15-16-1-3-17(4-2-16)24(31)29-21-12-28-30(14-21)13-18-5-8-20(27)11-23(18)26/h1-12,14H,13,15H2,(H,29,31). The van der Waals surface area contributed by atoms with Crippen molar-refractivity contribution >= 4 is 34.8 Å². The van der Waals surface area contributed by atoms with Gasteiger partial charge < -0.3 is 10.1 Å². The fourth-order valence-corrected chi connectivity index (χ4v) is 3.35. The second kappa shape index (κ2) is 9.85. The summed E-state index contributed by atoms with van der Waals surface area (Å²) >= 11 is 11.9. The molecular formula is C24H18Cl2FN3O2. The van der Waals surface area contributed by atoms with Gasteiger partial charge in [-0.05, 0) is 59.7 Å². The van der Waals surface area contributed by atoms with Crippen molar-refractivity contribution in [3.05, 3.63) is 112 Å². The number of aromatic nitrogens is 2. The van der Waals surface area contributed by atoms with E-state index in [4.69, 9.17) is 27.9 Å². The van der Waals surface area contributed by atoms with Gasteiger partial charge in [-0.1, -0.05) is 41.4 Å². The van der Waals surface area contributed by atoms with Gasteiger partial charge in [0.2, 0.25) is 0 Å². The van der Waals surface area contributed by atoms with Gasteiger partial charge in [-0.25, -0.2) is 4.39 Å². The summed E-state index contributed by atoms with van der Waals surface area (Å²) in [6.45, 7) is 0.736. The van der Waals surface area contributed by atoms with Crippen LogP contribution < -0.4 is 10.1 Å². The topological polar surface area (TPSA) is 56.2 Å². The average Bonchev–Trinajstić information content (AvgIpc) is 3.22. The number of nitrogens with zero attached hydrogens (tertiary/aromatic N) is 2. The summed E-state index contributed by atoms with van der Waals surface area (Å²) < 4.78 is 20.5. The van der Waals surface area contributed by atoms with Crippen LogP contribution >= 0.6 is 23.2 Å². The predicted octanol–water partition coefficient (Wildman–Crippen LogP) is 6.21. The fraction of sp³-hybridized carbons (Fsp3) is 0.0833. The summed E-state index contributed by atoms with van der Waals surface area (Å²) in [5.41, 5.74) is 2.71. The van der Waals surface area contributed by atoms with Crippen LogP contribution in [0.25, 0.3) is 0 Å². The third kappa shape index (κ3) is 5.66. The summed E-state index contributed by atoms with van der Waals surface area (Å²) in [7, 11) is 0. The molecule has 1 N–H and O–H groups in total. The summed E-state index contributed by atoms with van der Waals surface area (Å²) in [4.78, 5) is 12.5. The lowest BCUT2D eigenvalue weighted by Gasteiger charge is -2.07. The molecule has 8 heteroatoms. The van der Waals surface area contributed by atoms with Gasteiger partial charge in [0.1, 0.15) is 18.2 Å². The molecule has 0 radical (unpaired) electrons. The van der Waals surface area contributed by atoms with Crippen LogP contribution in [0, 0.1) is 5.82 Å². The average molecular weight is 470 g/mol. The third-order valence-corrected chi connectivity index (χ3v) is 5.28. The molecule has 1 aromatic heterocycles. The van der Waals surface area contributed by atoms with Crippen LogP contribution in [0.2, 0.25) is 10.0 Å². The number of ether oxygens (including phenoxy) is 1. The predicted molar refractivity (Wildman–Crippen MR) is 123 cm³/mol. The van der Waals surface area contributed by atoms with Gasteiger partial charge in [0.25, 0.3) is 5.91 Å². The van der Waals surface area contributed by atoms with Crippen molar-refractivity contribution in [2.45, 2.75) is 13.2 Å². The summed E-state index contributed by atoms with van der Waals surface area (Å²) in [5.74, 6) is 0.0689. The number of carbonyl (C=O) groups excluding carboxylic acids is 1. The smallest absolute Gasteiger partial charge is 0.255 e. The number of nitrogens with one attached hydrogen (secondary N) is 1. The molecule has 162 valence electrons. The molecule has 4 aromatic rings. The van der Waals surface area contributed by atoms with Gasteiger partial charge in [-0.3, -0.25) is 9.48 Å². The molecule has 0 aliphatic carbocycles. The number of anilines is 1. The molecule has 5 nitrogen and oxygen atoms in total. The molecule has 4 rings (SSSR count). The van der Waals surface area contributed by atoms with E-state index in [1.165, 1.54) is 12.1 Å². The maximum absolute atomic E-state index is 13.2. The molecule has 0 aliphatic heterocycles. The summed E-state index contributed by atoms with van der Waals surface area (Å²) in [6, 6.07) is 18.5. The first-order valence-corrected chi connectivity index (χ1v) is 10.5. The first kappa shape index (κ1) is 21.9. The van der Waals surface area contributed by atoms with E-state index in [-0.39, 0.29) is 5.91 Å². The highest BCUT2D eigenvalue weighted by atomic mass is 35.5. The lowest BCUT2D eigenvalue weighted by molar-refractivity contribution is 0.102. The minimum absolute atomic E-state index is 0.255. The Morgan fingerprint density at radius 3 is 2.50 bits per heavy atom. The number of amides is 1. The largest absolute Gasteiger partial charge is 0.489 e. The molecule has 1 heterocycles. The van der Waals surface area contributed by atoms with Crippen LogP contribution in [-0.2, 0) is 13.2 Å². The third-order valence-electron chi connectivity index (χ3n) is 4.67. The van der Waals surface area contributed by atoms with E-state index in [1.54, 1.807) is 59.5 Å². The first-order valence-electron chi connectivity index (χ1n) is 9.71. The quantitative estimate of drug-likeness (QED) is 0.350. The Labute approximate surface area is 194 Å². The van der Waals surface area contributed by atoms with Crippen molar-refractivity contribution < 1.29 is 13.9 Å². The van der Waals surface area contributed by atoms with Gasteiger partial charge in [0, 0.05) is 21.8 Å². The van der Waals surface area contributed by atoms with Crippen LogP contribution in [0.3, 0.4) is 0 Å². The van der Waals surface area contributed by atoms with Crippen LogP contribution in [0.4, 0.5) is 10.1 Å². The number of carbonyl (C=O) groups is 1. The van der Waals surface area contributed by atoms with Gasteiger partial charge in [-0.2, -0.15) is 5.10 Å². The van der Waals surface area contributed by atoms with E-state index >= 15 is 0 Å². The van der Waals surface area contributed by atoms with E-state index in [1.807, 2.05) is 12.1 Å². The number of hydrogen-bond donors (Lipinski definition) is 1. The lowest BCUT2D eigenvalue weighted by atomic mass is 10.1. The van der Waals surface area contributed by atoms with E-state index in [0.717, 1.165) is 16.9 Å². The van der Waals surface area contributed by atoms with Crippen molar-refractivity contribution in [3.8, 4) is 5.75 Å². The molecule has 0 saturated heterocycles. The normalized spacial score (nSPS) is 10.7. The van der Waals surface area contributed by atoms with E-state index in [2.05, 4.69) is 10.4 Å². The SMILES string of the molecule is O=C(Nc1cnn(Cc2ccc(F)cc2Cl)c1)c1ccc(COc2ccc(Cl)cc2)cc1. The Morgan fingerprint density at radius 1 is 1.03 bits per heavy atom. The minimum atomic E-state index is -0.394. The zero-order valence-electron chi connectivity index (χ0n) is 16.8. The second-order valence-electron chi connectivity index (χ2n) is 7.06. The van der Waals surface area contributed by atoms with Gasteiger partial charge in [-0.15, -0.1) is 0 Å². The molecular weight excluding hydrogens is 452 g/mol.